The van der Waals surface area contributed by atoms with E-state index in [0.717, 1.165) is 0 Å². The Balaban J connectivity index is 1.90. The van der Waals surface area contributed by atoms with E-state index in [1.807, 2.05) is 0 Å². The first-order valence-corrected chi connectivity index (χ1v) is 8.50. The summed E-state index contributed by atoms with van der Waals surface area (Å²) in [6.45, 7) is 0.749. The number of nitrogen functional groups attached to an aromatic ring is 1. The van der Waals surface area contributed by atoms with Crippen molar-refractivity contribution in [3.63, 3.8) is 0 Å². The molecule has 0 saturated carbocycles. The fourth-order valence-corrected chi connectivity index (χ4v) is 2.82. The van der Waals surface area contributed by atoms with Crippen molar-refractivity contribution in [2.45, 2.75) is 19.0 Å². The molecule has 2 aromatic heterocycles. The number of carboxylic acids is 1. The molecule has 126 valence electrons. The number of nitrogens with one attached hydrogen (secondary N) is 1. The van der Waals surface area contributed by atoms with Crippen LogP contribution >= 0.6 is 7.60 Å². The average Bonchev–Trinajstić information content (AvgIpc) is 2.85. The molecule has 2 rings (SSSR count). The average molecular weight is 344 g/mol. The highest BCUT2D eigenvalue weighted by Gasteiger charge is 2.26. The number of fused-ring (bicyclic) bond motifs is 1. The van der Waals surface area contributed by atoms with Gasteiger partial charge in [0.2, 0.25) is 0 Å². The van der Waals surface area contributed by atoms with Gasteiger partial charge in [0.25, 0.3) is 0 Å². The molecule has 0 amide bonds. The van der Waals surface area contributed by atoms with Gasteiger partial charge in [-0.1, -0.05) is 0 Å². The number of nitrogens with zero attached hydrogens (tertiary/aromatic N) is 4. The van der Waals surface area contributed by atoms with Crippen LogP contribution in [0, 0.1) is 0 Å². The summed E-state index contributed by atoms with van der Waals surface area (Å²) in [4.78, 5) is 40.7. The zero-order valence-electron chi connectivity index (χ0n) is 12.0. The predicted octanol–water partition coefficient (Wildman–Crippen LogP) is -0.981. The van der Waals surface area contributed by atoms with E-state index in [0.29, 0.717) is 24.1 Å². The zero-order chi connectivity index (χ0) is 17.0. The maximum atomic E-state index is 11.0. The maximum Gasteiger partial charge on any atom is 0.327 e. The van der Waals surface area contributed by atoms with E-state index in [1.54, 1.807) is 10.9 Å². The van der Waals surface area contributed by atoms with Crippen LogP contribution in [0.15, 0.2) is 12.7 Å². The number of aliphatic carboxylic acids is 1. The molecule has 1 atom stereocenters. The van der Waals surface area contributed by atoms with Gasteiger partial charge in [-0.3, -0.25) is 9.36 Å². The van der Waals surface area contributed by atoms with Crippen LogP contribution in [0.2, 0.25) is 0 Å². The fourth-order valence-electron chi connectivity index (χ4n) is 2.06. The summed E-state index contributed by atoms with van der Waals surface area (Å²) < 4.78 is 12.6. The maximum absolute atomic E-state index is 11.0. The first kappa shape index (κ1) is 17.3. The van der Waals surface area contributed by atoms with Crippen molar-refractivity contribution in [1.82, 2.24) is 24.8 Å². The van der Waals surface area contributed by atoms with E-state index in [9.17, 15) is 9.36 Å². The fraction of sp³-hybridized carbons (Fsp3) is 0.455. The lowest BCUT2D eigenvalue weighted by Gasteiger charge is -2.15. The summed E-state index contributed by atoms with van der Waals surface area (Å²) in [5, 5.41) is 11.6. The Hall–Kier alpha value is -2.07. The lowest BCUT2D eigenvalue weighted by molar-refractivity contribution is -0.139. The molecule has 0 unspecified atom stereocenters. The number of aryl methyl sites for hydroxylation is 1. The molecule has 23 heavy (non-hydrogen) atoms. The number of imidazole rings is 1. The van der Waals surface area contributed by atoms with Crippen molar-refractivity contribution in [3.8, 4) is 0 Å². The highest BCUT2D eigenvalue weighted by atomic mass is 31.2. The molecular weight excluding hydrogens is 327 g/mol. The molecule has 2 aromatic rings. The SMILES string of the molecule is Nc1ncnc2c1ncn2CCCN[C@H](CP(=O)(O)O)C(=O)O. The first-order chi connectivity index (χ1) is 10.8. The van der Waals surface area contributed by atoms with E-state index >= 15 is 0 Å². The lowest BCUT2D eigenvalue weighted by Crippen LogP contribution is -2.40. The van der Waals surface area contributed by atoms with Crippen LogP contribution in [0.3, 0.4) is 0 Å². The van der Waals surface area contributed by atoms with Gasteiger partial charge in [0, 0.05) is 6.54 Å². The Bertz CT molecular complexity index is 744. The molecule has 0 aromatic carbocycles. The molecule has 11 nitrogen and oxygen atoms in total. The molecule has 0 aliphatic carbocycles. The smallest absolute Gasteiger partial charge is 0.327 e. The van der Waals surface area contributed by atoms with Crippen LogP contribution in [0.5, 0.6) is 0 Å². The van der Waals surface area contributed by atoms with Crippen LogP contribution in [0.1, 0.15) is 6.42 Å². The molecule has 0 saturated heterocycles. The van der Waals surface area contributed by atoms with Gasteiger partial charge in [-0.2, -0.15) is 0 Å². The molecule has 6 N–H and O–H groups in total. The largest absolute Gasteiger partial charge is 0.480 e. The van der Waals surface area contributed by atoms with Crippen molar-refractivity contribution in [2.24, 2.45) is 0 Å². The highest BCUT2D eigenvalue weighted by molar-refractivity contribution is 7.51. The minimum atomic E-state index is -4.40. The molecule has 0 bridgehead atoms. The predicted molar refractivity (Wildman–Crippen MR) is 80.7 cm³/mol. The van der Waals surface area contributed by atoms with E-state index in [1.165, 1.54) is 6.33 Å². The number of carboxylic acid groups (broad SMARTS) is 1. The second-order valence-corrected chi connectivity index (χ2v) is 6.61. The number of anilines is 1. The summed E-state index contributed by atoms with van der Waals surface area (Å²) in [7, 11) is -4.40. The minimum absolute atomic E-state index is 0.261. The van der Waals surface area contributed by atoms with Crippen molar-refractivity contribution in [1.29, 1.82) is 0 Å². The Morgan fingerprint density at radius 2 is 2.13 bits per heavy atom. The lowest BCUT2D eigenvalue weighted by atomic mass is 10.3. The van der Waals surface area contributed by atoms with Gasteiger partial charge in [-0.15, -0.1) is 0 Å². The molecule has 2 heterocycles. The number of rotatable bonds is 8. The van der Waals surface area contributed by atoms with Crippen LogP contribution in [0.4, 0.5) is 5.82 Å². The second-order valence-electron chi connectivity index (χ2n) is 4.91. The molecule has 0 spiro atoms. The molecular formula is C11H17N6O5P. The number of nitrogens with two attached hydrogens (primary N) is 1. The molecule has 0 aliphatic heterocycles. The topological polar surface area (TPSA) is 176 Å². The third kappa shape index (κ3) is 4.70. The molecule has 0 fully saturated rings. The number of hydrogen-bond donors (Lipinski definition) is 5. The van der Waals surface area contributed by atoms with E-state index in [-0.39, 0.29) is 12.4 Å². The summed E-state index contributed by atoms with van der Waals surface area (Å²) >= 11 is 0. The van der Waals surface area contributed by atoms with Gasteiger partial charge in [0.05, 0.1) is 12.5 Å². The van der Waals surface area contributed by atoms with Crippen LogP contribution in [0.25, 0.3) is 11.2 Å². The van der Waals surface area contributed by atoms with Crippen LogP contribution in [-0.4, -0.2) is 59.1 Å². The number of aromatic nitrogens is 4. The van der Waals surface area contributed by atoms with Crippen molar-refractivity contribution in [2.75, 3.05) is 18.4 Å². The third-order valence-corrected chi connectivity index (χ3v) is 3.96. The Kier molecular flexibility index (Phi) is 5.26. The first-order valence-electron chi connectivity index (χ1n) is 6.70. The third-order valence-electron chi connectivity index (χ3n) is 3.11. The Morgan fingerprint density at radius 1 is 1.39 bits per heavy atom. The van der Waals surface area contributed by atoms with Crippen molar-refractivity contribution in [3.05, 3.63) is 12.7 Å². The Morgan fingerprint density at radius 3 is 2.78 bits per heavy atom. The number of hydrogen-bond acceptors (Lipinski definition) is 7. The van der Waals surface area contributed by atoms with Gasteiger partial charge in [-0.25, -0.2) is 15.0 Å². The number of carbonyl (C=O) groups is 1. The molecule has 0 aliphatic rings. The van der Waals surface area contributed by atoms with Gasteiger partial charge in [0.1, 0.15) is 17.9 Å². The van der Waals surface area contributed by atoms with Crippen molar-refractivity contribution >= 4 is 30.5 Å². The van der Waals surface area contributed by atoms with E-state index in [4.69, 9.17) is 20.6 Å². The van der Waals surface area contributed by atoms with Gasteiger partial charge in [0.15, 0.2) is 11.5 Å². The summed E-state index contributed by atoms with van der Waals surface area (Å²) in [6.07, 6.45) is 2.65. The summed E-state index contributed by atoms with van der Waals surface area (Å²) in [6, 6.07) is -1.30. The quantitative estimate of drug-likeness (QED) is 0.295. The minimum Gasteiger partial charge on any atom is -0.480 e. The molecule has 0 radical (unpaired) electrons. The van der Waals surface area contributed by atoms with Crippen LogP contribution in [-0.2, 0) is 15.9 Å². The normalized spacial score (nSPS) is 13.3. The van der Waals surface area contributed by atoms with E-state index < -0.39 is 25.8 Å². The summed E-state index contributed by atoms with van der Waals surface area (Å²) in [5.41, 5.74) is 6.74. The molecule has 12 heteroatoms. The summed E-state index contributed by atoms with van der Waals surface area (Å²) in [5.74, 6) is -1.03. The Labute approximate surface area is 130 Å². The monoisotopic (exact) mass is 344 g/mol. The van der Waals surface area contributed by atoms with Gasteiger partial charge >= 0.3 is 13.6 Å². The van der Waals surface area contributed by atoms with Crippen molar-refractivity contribution < 1.29 is 24.3 Å². The second kappa shape index (κ2) is 7.01. The van der Waals surface area contributed by atoms with Gasteiger partial charge < -0.3 is 30.5 Å². The highest BCUT2D eigenvalue weighted by Crippen LogP contribution is 2.34. The zero-order valence-corrected chi connectivity index (χ0v) is 12.9. The van der Waals surface area contributed by atoms with Crippen LogP contribution < -0.4 is 11.1 Å². The van der Waals surface area contributed by atoms with E-state index in [2.05, 4.69) is 20.3 Å². The standard InChI is InChI=1S/C11H17N6O5P/c12-9-8-10(15-5-14-9)17(6-16-8)3-1-2-13-7(11(18)19)4-23(20,21)22/h5-7,13H,1-4H2,(H,18,19)(H2,12,14,15)(H2,20,21,22)/t7-/m1/s1. The van der Waals surface area contributed by atoms with Gasteiger partial charge in [-0.05, 0) is 13.0 Å².